The first kappa shape index (κ1) is 37.6. The highest BCUT2D eigenvalue weighted by Gasteiger charge is 2.10. The zero-order valence-electron chi connectivity index (χ0n) is 24.3. The van der Waals surface area contributed by atoms with Crippen molar-refractivity contribution >= 4 is 0 Å². The molecule has 0 radical (unpaired) electrons. The Morgan fingerprint density at radius 2 is 0.632 bits per heavy atom. The molecule has 0 saturated carbocycles. The molecule has 0 aliphatic rings. The SMILES string of the molecule is CCOCCOCCOCCOCCC(CCOCCOCCOCCOC)COCCOCCOCC. The van der Waals surface area contributed by atoms with E-state index in [0.717, 1.165) is 12.8 Å². The molecule has 0 aliphatic carbocycles. The molecule has 0 heterocycles. The number of hydrogen-bond acceptors (Lipinski definition) is 11. The summed E-state index contributed by atoms with van der Waals surface area (Å²) >= 11 is 0. The third-order valence-corrected chi connectivity index (χ3v) is 5.14. The van der Waals surface area contributed by atoms with Gasteiger partial charge in [0.05, 0.1) is 106 Å². The quantitative estimate of drug-likeness (QED) is 0.109. The van der Waals surface area contributed by atoms with Gasteiger partial charge in [0.15, 0.2) is 0 Å². The highest BCUT2D eigenvalue weighted by atomic mass is 16.6. The molecule has 11 nitrogen and oxygen atoms in total. The Morgan fingerprint density at radius 3 is 0.974 bits per heavy atom. The topological polar surface area (TPSA) is 102 Å². The number of rotatable bonds is 34. The van der Waals surface area contributed by atoms with Crippen molar-refractivity contribution in [3.63, 3.8) is 0 Å². The van der Waals surface area contributed by atoms with Gasteiger partial charge in [-0.1, -0.05) is 0 Å². The fraction of sp³-hybridized carbons (Fsp3) is 1.00. The second-order valence-electron chi connectivity index (χ2n) is 8.19. The Morgan fingerprint density at radius 1 is 0.342 bits per heavy atom. The van der Waals surface area contributed by atoms with Crippen molar-refractivity contribution in [1.29, 1.82) is 0 Å². The monoisotopic (exact) mass is 556 g/mol. The van der Waals surface area contributed by atoms with Crippen LogP contribution in [0.15, 0.2) is 0 Å². The van der Waals surface area contributed by atoms with E-state index in [-0.39, 0.29) is 0 Å². The predicted molar refractivity (Wildman–Crippen MR) is 144 cm³/mol. The minimum atomic E-state index is 0.341. The minimum Gasteiger partial charge on any atom is -0.382 e. The largest absolute Gasteiger partial charge is 0.382 e. The van der Waals surface area contributed by atoms with E-state index in [1.165, 1.54) is 0 Å². The van der Waals surface area contributed by atoms with Gasteiger partial charge in [-0.25, -0.2) is 0 Å². The van der Waals surface area contributed by atoms with Crippen LogP contribution in [-0.2, 0) is 52.1 Å². The average molecular weight is 557 g/mol. The first-order valence-electron chi connectivity index (χ1n) is 14.1. The Labute approximate surface area is 230 Å². The van der Waals surface area contributed by atoms with Crippen molar-refractivity contribution < 1.29 is 52.1 Å². The lowest BCUT2D eigenvalue weighted by molar-refractivity contribution is -0.0139. The van der Waals surface area contributed by atoms with Crippen LogP contribution in [-0.4, -0.2) is 146 Å². The predicted octanol–water partition coefficient (Wildman–Crippen LogP) is 2.24. The van der Waals surface area contributed by atoms with Crippen LogP contribution in [0.25, 0.3) is 0 Å². The Kier molecular flexibility index (Phi) is 34.2. The Balaban J connectivity index is 3.84. The summed E-state index contributed by atoms with van der Waals surface area (Å²) in [7, 11) is 1.65. The molecule has 0 amide bonds. The maximum absolute atomic E-state index is 5.84. The van der Waals surface area contributed by atoms with Crippen molar-refractivity contribution in [2.75, 3.05) is 146 Å². The van der Waals surface area contributed by atoms with Crippen LogP contribution in [0.5, 0.6) is 0 Å². The molecule has 0 aromatic rings. The highest BCUT2D eigenvalue weighted by molar-refractivity contribution is 4.59. The molecule has 0 saturated heterocycles. The van der Waals surface area contributed by atoms with E-state index in [9.17, 15) is 0 Å². The molecule has 0 fully saturated rings. The normalized spacial score (nSPS) is 12.4. The summed E-state index contributed by atoms with van der Waals surface area (Å²) in [5.74, 6) is 0.341. The van der Waals surface area contributed by atoms with Gasteiger partial charge in [-0.3, -0.25) is 0 Å². The van der Waals surface area contributed by atoms with Gasteiger partial charge in [-0.2, -0.15) is 0 Å². The van der Waals surface area contributed by atoms with Gasteiger partial charge in [0.2, 0.25) is 0 Å². The first-order valence-corrected chi connectivity index (χ1v) is 14.1. The molecular weight excluding hydrogens is 500 g/mol. The number of ether oxygens (including phenoxy) is 11. The molecule has 0 aromatic carbocycles. The zero-order chi connectivity index (χ0) is 27.6. The minimum absolute atomic E-state index is 0.341. The summed E-state index contributed by atoms with van der Waals surface area (Å²) in [6, 6.07) is 0. The van der Waals surface area contributed by atoms with Gasteiger partial charge in [-0.05, 0) is 32.6 Å². The van der Waals surface area contributed by atoms with Crippen LogP contribution in [0, 0.1) is 5.92 Å². The van der Waals surface area contributed by atoms with E-state index in [4.69, 9.17) is 52.1 Å². The summed E-state index contributed by atoms with van der Waals surface area (Å²) in [5.41, 5.74) is 0. The van der Waals surface area contributed by atoms with Crippen molar-refractivity contribution in [3.8, 4) is 0 Å². The molecule has 1 atom stereocenters. The van der Waals surface area contributed by atoms with E-state index in [0.29, 0.717) is 145 Å². The number of hydrogen-bond donors (Lipinski definition) is 0. The lowest BCUT2D eigenvalue weighted by atomic mass is 10.0. The third-order valence-electron chi connectivity index (χ3n) is 5.14. The molecule has 1 unspecified atom stereocenters. The van der Waals surface area contributed by atoms with E-state index in [1.54, 1.807) is 7.11 Å². The molecule has 0 rings (SSSR count). The lowest BCUT2D eigenvalue weighted by Gasteiger charge is -2.17. The summed E-state index contributed by atoms with van der Waals surface area (Å²) in [4.78, 5) is 0. The molecule has 0 spiro atoms. The molecular formula is C27H56O11. The summed E-state index contributed by atoms with van der Waals surface area (Å²) in [6.07, 6.45) is 1.79. The molecule has 0 N–H and O–H groups in total. The van der Waals surface area contributed by atoms with Crippen molar-refractivity contribution in [1.82, 2.24) is 0 Å². The molecule has 38 heavy (non-hydrogen) atoms. The third kappa shape index (κ3) is 31.8. The second kappa shape index (κ2) is 34.6. The van der Waals surface area contributed by atoms with Crippen LogP contribution >= 0.6 is 0 Å². The Bertz CT molecular complexity index is 418. The zero-order valence-corrected chi connectivity index (χ0v) is 24.3. The molecule has 0 aromatic heterocycles. The van der Waals surface area contributed by atoms with Crippen molar-refractivity contribution in [3.05, 3.63) is 0 Å². The average Bonchev–Trinajstić information content (AvgIpc) is 2.93. The fourth-order valence-electron chi connectivity index (χ4n) is 3.03. The molecule has 0 aliphatic heterocycles. The van der Waals surface area contributed by atoms with Crippen molar-refractivity contribution in [2.45, 2.75) is 26.7 Å². The van der Waals surface area contributed by atoms with E-state index >= 15 is 0 Å². The van der Waals surface area contributed by atoms with Gasteiger partial charge < -0.3 is 52.1 Å². The van der Waals surface area contributed by atoms with E-state index < -0.39 is 0 Å². The van der Waals surface area contributed by atoms with Crippen LogP contribution in [0.2, 0.25) is 0 Å². The standard InChI is InChI=1S/C27H56O11/c1-4-29-12-14-34-22-23-37-19-17-32-9-7-27(26-38-25-24-35-15-13-30-5-2)6-8-31-16-18-36-21-20-33-11-10-28-3/h27H,4-26H2,1-3H3. The van der Waals surface area contributed by atoms with Crippen LogP contribution in [0.4, 0.5) is 0 Å². The maximum atomic E-state index is 5.84. The van der Waals surface area contributed by atoms with Crippen LogP contribution in [0.1, 0.15) is 26.7 Å². The maximum Gasteiger partial charge on any atom is 0.0701 e. The summed E-state index contributed by atoms with van der Waals surface area (Å²) in [5, 5.41) is 0. The summed E-state index contributed by atoms with van der Waals surface area (Å²) < 4.78 is 60.1. The Hall–Kier alpha value is -0.440. The van der Waals surface area contributed by atoms with Gasteiger partial charge in [-0.15, -0.1) is 0 Å². The van der Waals surface area contributed by atoms with E-state index in [2.05, 4.69) is 0 Å². The van der Waals surface area contributed by atoms with Crippen molar-refractivity contribution in [2.24, 2.45) is 5.92 Å². The smallest absolute Gasteiger partial charge is 0.0701 e. The van der Waals surface area contributed by atoms with Crippen LogP contribution < -0.4 is 0 Å². The lowest BCUT2D eigenvalue weighted by Crippen LogP contribution is -2.19. The van der Waals surface area contributed by atoms with Gasteiger partial charge in [0.1, 0.15) is 0 Å². The van der Waals surface area contributed by atoms with E-state index in [1.807, 2.05) is 13.8 Å². The highest BCUT2D eigenvalue weighted by Crippen LogP contribution is 2.10. The summed E-state index contributed by atoms with van der Waals surface area (Å²) in [6.45, 7) is 16.5. The van der Waals surface area contributed by atoms with Crippen LogP contribution in [0.3, 0.4) is 0 Å². The van der Waals surface area contributed by atoms with Gasteiger partial charge in [0, 0.05) is 40.1 Å². The number of methoxy groups -OCH3 is 1. The van der Waals surface area contributed by atoms with Gasteiger partial charge in [0.25, 0.3) is 0 Å². The molecule has 0 bridgehead atoms. The first-order chi connectivity index (χ1) is 18.8. The molecule has 11 heteroatoms. The fourth-order valence-corrected chi connectivity index (χ4v) is 3.03. The van der Waals surface area contributed by atoms with Gasteiger partial charge >= 0.3 is 0 Å². The second-order valence-corrected chi connectivity index (χ2v) is 8.19. The molecule has 230 valence electrons.